The van der Waals surface area contributed by atoms with Crippen molar-refractivity contribution in [3.8, 4) is 5.88 Å². The van der Waals surface area contributed by atoms with Crippen LogP contribution in [0.3, 0.4) is 0 Å². The van der Waals surface area contributed by atoms with Crippen molar-refractivity contribution in [1.82, 2.24) is 20.8 Å². The number of ether oxygens (including phenoxy) is 1. The number of carbonyl (C=O) groups is 2. The molecule has 0 saturated heterocycles. The highest BCUT2D eigenvalue weighted by molar-refractivity contribution is 9.10. The Kier molecular flexibility index (Phi) is 7.26. The number of nitrogens with one attached hydrogen (secondary N) is 4. The van der Waals surface area contributed by atoms with Gasteiger partial charge in [-0.25, -0.2) is 4.79 Å². The van der Waals surface area contributed by atoms with E-state index >= 15 is 0 Å². The average Bonchev–Trinajstić information content (AvgIpc) is 3.46. The maximum absolute atomic E-state index is 12.4. The van der Waals surface area contributed by atoms with Crippen molar-refractivity contribution in [3.05, 3.63) is 74.7 Å². The molecular weight excluding hydrogens is 512 g/mol. The van der Waals surface area contributed by atoms with Gasteiger partial charge in [-0.1, -0.05) is 48.0 Å². The van der Waals surface area contributed by atoms with E-state index in [1.165, 1.54) is 0 Å². The summed E-state index contributed by atoms with van der Waals surface area (Å²) in [5.74, 6) is 0.721. The molecule has 33 heavy (non-hydrogen) atoms. The quantitative estimate of drug-likeness (QED) is 0.370. The fourth-order valence-corrected chi connectivity index (χ4v) is 3.72. The van der Waals surface area contributed by atoms with Crippen LogP contribution in [0, 0.1) is 0 Å². The summed E-state index contributed by atoms with van der Waals surface area (Å²) in [6, 6.07) is 14.7. The molecule has 0 unspecified atom stereocenters. The normalized spacial score (nSPS) is 12.6. The Morgan fingerprint density at radius 3 is 2.67 bits per heavy atom. The van der Waals surface area contributed by atoms with E-state index in [-0.39, 0.29) is 11.7 Å². The summed E-state index contributed by atoms with van der Waals surface area (Å²) in [4.78, 5) is 28.9. The number of hydrogen-bond donors (Lipinski definition) is 4. The Labute approximate surface area is 203 Å². The van der Waals surface area contributed by atoms with E-state index in [4.69, 9.17) is 16.3 Å². The first-order chi connectivity index (χ1) is 16.0. The molecule has 9 nitrogen and oxygen atoms in total. The number of H-pyrrole nitrogens is 1. The summed E-state index contributed by atoms with van der Waals surface area (Å²) in [5.41, 5.74) is 2.43. The molecule has 0 atom stereocenters. The first kappa shape index (κ1) is 22.8. The lowest BCUT2D eigenvalue weighted by Crippen LogP contribution is -2.29. The van der Waals surface area contributed by atoms with Gasteiger partial charge in [-0.05, 0) is 40.0 Å². The molecule has 2 amide bonds. The van der Waals surface area contributed by atoms with Crippen molar-refractivity contribution in [2.75, 3.05) is 25.0 Å². The van der Waals surface area contributed by atoms with Gasteiger partial charge in [0, 0.05) is 18.7 Å². The number of carbonyl (C=O) groups excluding carboxylic acids is 2. The van der Waals surface area contributed by atoms with Crippen LogP contribution in [-0.4, -0.2) is 47.7 Å². The summed E-state index contributed by atoms with van der Waals surface area (Å²) in [6.07, 6.45) is -0.0248. The fourth-order valence-electron chi connectivity index (χ4n) is 3.14. The molecule has 0 spiro atoms. The molecule has 3 aromatic rings. The largest absolute Gasteiger partial charge is 0.414 e. The third kappa shape index (κ3) is 5.71. The highest BCUT2D eigenvalue weighted by atomic mass is 79.9. The lowest BCUT2D eigenvalue weighted by atomic mass is 10.1. The average molecular weight is 532 g/mol. The zero-order valence-electron chi connectivity index (χ0n) is 17.3. The van der Waals surface area contributed by atoms with Gasteiger partial charge < -0.3 is 20.7 Å². The third-order valence-electron chi connectivity index (χ3n) is 4.81. The number of benzene rings is 2. The molecule has 4 rings (SSSR count). The Morgan fingerprint density at radius 2 is 1.94 bits per heavy atom. The number of rotatable bonds is 7. The van der Waals surface area contributed by atoms with E-state index in [1.807, 2.05) is 24.3 Å². The maximum Gasteiger partial charge on any atom is 0.414 e. The Balaban J connectivity index is 1.26. The second-order valence-electron chi connectivity index (χ2n) is 7.07. The van der Waals surface area contributed by atoms with E-state index in [0.717, 1.165) is 30.1 Å². The molecule has 1 aliphatic heterocycles. The van der Waals surface area contributed by atoms with Crippen molar-refractivity contribution < 1.29 is 14.3 Å². The minimum absolute atomic E-state index is 0.00356. The number of halogens is 2. The molecular formula is C22H20BrClN6O3. The molecule has 0 saturated carbocycles. The zero-order chi connectivity index (χ0) is 23.2. The van der Waals surface area contributed by atoms with Crippen LogP contribution in [0.15, 0.2) is 58.0 Å². The van der Waals surface area contributed by atoms with Crippen molar-refractivity contribution >= 4 is 51.2 Å². The van der Waals surface area contributed by atoms with Crippen LogP contribution < -0.4 is 20.7 Å². The van der Waals surface area contributed by atoms with Crippen LogP contribution in [0.1, 0.15) is 21.5 Å². The van der Waals surface area contributed by atoms with Crippen LogP contribution >= 0.6 is 27.5 Å². The van der Waals surface area contributed by atoms with Gasteiger partial charge in [0.15, 0.2) is 0 Å². The van der Waals surface area contributed by atoms with Crippen molar-refractivity contribution in [2.45, 2.75) is 6.42 Å². The number of amidine groups is 1. The summed E-state index contributed by atoms with van der Waals surface area (Å²) < 4.78 is 5.52. The Bertz CT molecular complexity index is 1200. The number of aliphatic imine (C=N–C) groups is 1. The van der Waals surface area contributed by atoms with Gasteiger partial charge >= 0.3 is 6.09 Å². The Hall–Kier alpha value is -3.37. The molecule has 11 heteroatoms. The summed E-state index contributed by atoms with van der Waals surface area (Å²) in [5, 5.41) is 15.4. The van der Waals surface area contributed by atoms with E-state index in [1.54, 1.807) is 24.3 Å². The van der Waals surface area contributed by atoms with E-state index in [0.29, 0.717) is 28.0 Å². The molecule has 170 valence electrons. The number of amides is 2. The maximum atomic E-state index is 12.4. The number of nitrogens with zero attached hydrogens (tertiary/aromatic N) is 2. The van der Waals surface area contributed by atoms with E-state index in [9.17, 15) is 9.59 Å². The molecule has 4 N–H and O–H groups in total. The third-order valence-corrected chi connectivity index (χ3v) is 5.87. The van der Waals surface area contributed by atoms with Crippen molar-refractivity contribution in [2.24, 2.45) is 4.99 Å². The smallest absolute Gasteiger partial charge is 0.388 e. The van der Waals surface area contributed by atoms with Gasteiger partial charge in [0.05, 0.1) is 17.1 Å². The summed E-state index contributed by atoms with van der Waals surface area (Å²) in [7, 11) is 0. The number of hydrogen-bond acceptors (Lipinski definition) is 6. The SMILES string of the molecule is O=C(NCCc1ccc(C2=NCCN2)cc1)Oc1n[nH]c(NC(=O)c2ccccc2Cl)c1Br. The van der Waals surface area contributed by atoms with E-state index < -0.39 is 12.0 Å². The standard InChI is InChI=1S/C22H20BrClN6O3/c23-17-19(28-20(31)15-3-1-2-4-16(15)24)29-30-21(17)33-22(32)27-10-9-13-5-7-14(8-6-13)18-25-11-12-26-18/h1-8H,9-12H2,(H,25,26)(H,27,32)(H2,28,29,30,31). The van der Waals surface area contributed by atoms with Crippen LogP contribution in [0.5, 0.6) is 5.88 Å². The summed E-state index contributed by atoms with van der Waals surface area (Å²) >= 11 is 9.32. The first-order valence-corrected chi connectivity index (χ1v) is 11.3. The molecule has 0 aliphatic carbocycles. The van der Waals surface area contributed by atoms with Gasteiger partial charge in [-0.3, -0.25) is 14.9 Å². The minimum Gasteiger partial charge on any atom is -0.388 e. The van der Waals surface area contributed by atoms with Gasteiger partial charge in [0.1, 0.15) is 16.1 Å². The fraction of sp³-hybridized carbons (Fsp3) is 0.182. The number of aromatic nitrogens is 2. The van der Waals surface area contributed by atoms with Crippen LogP contribution in [-0.2, 0) is 6.42 Å². The van der Waals surface area contributed by atoms with Gasteiger partial charge in [-0.2, -0.15) is 0 Å². The van der Waals surface area contributed by atoms with Crippen LogP contribution in [0.25, 0.3) is 0 Å². The second kappa shape index (κ2) is 10.5. The number of anilines is 1. The molecule has 1 aliphatic rings. The van der Waals surface area contributed by atoms with Crippen LogP contribution in [0.4, 0.5) is 10.6 Å². The molecule has 2 heterocycles. The van der Waals surface area contributed by atoms with Crippen molar-refractivity contribution in [3.63, 3.8) is 0 Å². The lowest BCUT2D eigenvalue weighted by Gasteiger charge is -2.07. The van der Waals surface area contributed by atoms with Gasteiger partial charge in [-0.15, -0.1) is 5.10 Å². The molecule has 2 aromatic carbocycles. The molecule has 0 bridgehead atoms. The number of aromatic amines is 1. The molecule has 1 aromatic heterocycles. The predicted molar refractivity (Wildman–Crippen MR) is 129 cm³/mol. The monoisotopic (exact) mass is 530 g/mol. The highest BCUT2D eigenvalue weighted by Crippen LogP contribution is 2.30. The van der Waals surface area contributed by atoms with Crippen molar-refractivity contribution in [1.29, 1.82) is 0 Å². The molecule has 0 radical (unpaired) electrons. The van der Waals surface area contributed by atoms with Gasteiger partial charge in [0.2, 0.25) is 0 Å². The first-order valence-electron chi connectivity index (χ1n) is 10.1. The highest BCUT2D eigenvalue weighted by Gasteiger charge is 2.18. The second-order valence-corrected chi connectivity index (χ2v) is 8.27. The summed E-state index contributed by atoms with van der Waals surface area (Å²) in [6.45, 7) is 2.05. The van der Waals surface area contributed by atoms with Gasteiger partial charge in [0.25, 0.3) is 11.8 Å². The molecule has 0 fully saturated rings. The van der Waals surface area contributed by atoms with E-state index in [2.05, 4.69) is 47.1 Å². The topological polar surface area (TPSA) is 120 Å². The Morgan fingerprint density at radius 1 is 1.15 bits per heavy atom. The minimum atomic E-state index is -0.660. The van der Waals surface area contributed by atoms with Crippen LogP contribution in [0.2, 0.25) is 5.02 Å². The zero-order valence-corrected chi connectivity index (χ0v) is 19.7. The lowest BCUT2D eigenvalue weighted by molar-refractivity contribution is 0.102. The predicted octanol–water partition coefficient (Wildman–Crippen LogP) is 3.76.